The summed E-state index contributed by atoms with van der Waals surface area (Å²) in [5, 5.41) is 11.6. The van der Waals surface area contributed by atoms with Crippen LogP contribution in [0.25, 0.3) is 0 Å². The van der Waals surface area contributed by atoms with E-state index in [0.717, 1.165) is 0 Å². The first-order chi connectivity index (χ1) is 9.54. The molecule has 0 amide bonds. The summed E-state index contributed by atoms with van der Waals surface area (Å²) in [5.41, 5.74) is 0.526. The Kier molecular flexibility index (Phi) is 7.43. The maximum atomic E-state index is 13.7. The molecule has 0 aromatic heterocycles. The third kappa shape index (κ3) is 5.81. The molecule has 1 rings (SSSR count). The van der Waals surface area contributed by atoms with Crippen LogP contribution in [0.4, 0.5) is 8.78 Å². The Hall–Kier alpha value is -1.24. The summed E-state index contributed by atoms with van der Waals surface area (Å²) >= 11 is 0. The molecule has 0 heterocycles. The van der Waals surface area contributed by atoms with Gasteiger partial charge in [0.2, 0.25) is 0 Å². The standard InChI is InChI=1S/C14H21F2NO3/c1-10(2)17-9-11-7-12(15)14(13(16)8-11)20-6-5-19-4-3-18/h7-8,10,17-18H,3-6,9H2,1-2H3. The highest BCUT2D eigenvalue weighted by molar-refractivity contribution is 5.31. The Bertz CT molecular complexity index is 390. The van der Waals surface area contributed by atoms with Gasteiger partial charge in [-0.25, -0.2) is 8.78 Å². The smallest absolute Gasteiger partial charge is 0.190 e. The fourth-order valence-corrected chi connectivity index (χ4v) is 1.54. The molecule has 1 aromatic carbocycles. The van der Waals surface area contributed by atoms with Crippen LogP contribution < -0.4 is 10.1 Å². The minimum atomic E-state index is -0.729. The SMILES string of the molecule is CC(C)NCc1cc(F)c(OCCOCCO)c(F)c1. The van der Waals surface area contributed by atoms with Crippen LogP contribution in [0.2, 0.25) is 0 Å². The van der Waals surface area contributed by atoms with E-state index in [9.17, 15) is 8.78 Å². The van der Waals surface area contributed by atoms with E-state index < -0.39 is 17.4 Å². The van der Waals surface area contributed by atoms with Gasteiger partial charge in [0.05, 0.1) is 19.8 Å². The first-order valence-corrected chi connectivity index (χ1v) is 6.57. The van der Waals surface area contributed by atoms with Gasteiger partial charge in [0.15, 0.2) is 17.4 Å². The fourth-order valence-electron chi connectivity index (χ4n) is 1.54. The maximum Gasteiger partial charge on any atom is 0.190 e. The van der Waals surface area contributed by atoms with E-state index in [-0.39, 0.29) is 32.5 Å². The van der Waals surface area contributed by atoms with E-state index in [1.807, 2.05) is 13.8 Å². The van der Waals surface area contributed by atoms with Crippen LogP contribution in [0, 0.1) is 11.6 Å². The summed E-state index contributed by atoms with van der Waals surface area (Å²) in [6, 6.07) is 2.74. The molecule has 0 saturated heterocycles. The molecule has 2 N–H and O–H groups in total. The molecule has 114 valence electrons. The van der Waals surface area contributed by atoms with Crippen molar-refractivity contribution < 1.29 is 23.4 Å². The van der Waals surface area contributed by atoms with Gasteiger partial charge >= 0.3 is 0 Å². The van der Waals surface area contributed by atoms with Crippen molar-refractivity contribution >= 4 is 0 Å². The molecule has 0 unspecified atom stereocenters. The monoisotopic (exact) mass is 289 g/mol. The molecule has 0 atom stereocenters. The quantitative estimate of drug-likeness (QED) is 0.681. The van der Waals surface area contributed by atoms with Gasteiger partial charge in [0, 0.05) is 12.6 Å². The molecule has 0 saturated carbocycles. The Morgan fingerprint density at radius 3 is 2.35 bits per heavy atom. The lowest BCUT2D eigenvalue weighted by Gasteiger charge is -2.12. The highest BCUT2D eigenvalue weighted by Crippen LogP contribution is 2.23. The number of hydrogen-bond acceptors (Lipinski definition) is 4. The van der Waals surface area contributed by atoms with E-state index in [1.165, 1.54) is 12.1 Å². The van der Waals surface area contributed by atoms with E-state index in [0.29, 0.717) is 12.1 Å². The number of rotatable bonds is 9. The minimum absolute atomic E-state index is 0.0252. The molecule has 0 aliphatic rings. The van der Waals surface area contributed by atoms with Crippen molar-refractivity contribution in [3.8, 4) is 5.75 Å². The number of aliphatic hydroxyl groups excluding tert-OH is 1. The highest BCUT2D eigenvalue weighted by Gasteiger charge is 2.12. The van der Waals surface area contributed by atoms with Crippen molar-refractivity contribution in [2.24, 2.45) is 0 Å². The van der Waals surface area contributed by atoms with E-state index in [1.54, 1.807) is 0 Å². The lowest BCUT2D eigenvalue weighted by atomic mass is 10.2. The number of aliphatic hydroxyl groups is 1. The van der Waals surface area contributed by atoms with Crippen LogP contribution in [-0.2, 0) is 11.3 Å². The van der Waals surface area contributed by atoms with Crippen molar-refractivity contribution in [1.82, 2.24) is 5.32 Å². The Balaban J connectivity index is 2.55. The van der Waals surface area contributed by atoms with Crippen molar-refractivity contribution in [3.05, 3.63) is 29.3 Å². The van der Waals surface area contributed by atoms with Gasteiger partial charge in [0.25, 0.3) is 0 Å². The second-order valence-corrected chi connectivity index (χ2v) is 4.61. The highest BCUT2D eigenvalue weighted by atomic mass is 19.1. The Labute approximate surface area is 117 Å². The third-order valence-corrected chi connectivity index (χ3v) is 2.48. The van der Waals surface area contributed by atoms with Crippen molar-refractivity contribution in [2.75, 3.05) is 26.4 Å². The number of halogens is 2. The normalized spacial score (nSPS) is 11.1. The maximum absolute atomic E-state index is 13.7. The predicted molar refractivity (Wildman–Crippen MR) is 71.7 cm³/mol. The van der Waals surface area contributed by atoms with Crippen LogP contribution in [0.3, 0.4) is 0 Å². The van der Waals surface area contributed by atoms with Gasteiger partial charge in [-0.2, -0.15) is 0 Å². The largest absolute Gasteiger partial charge is 0.485 e. The summed E-state index contributed by atoms with van der Waals surface area (Å²) in [5.74, 6) is -1.86. The molecule has 1 aromatic rings. The average Bonchev–Trinajstić information content (AvgIpc) is 2.38. The molecular weight excluding hydrogens is 268 g/mol. The zero-order valence-electron chi connectivity index (χ0n) is 11.8. The topological polar surface area (TPSA) is 50.7 Å². The Morgan fingerprint density at radius 2 is 1.80 bits per heavy atom. The second kappa shape index (κ2) is 8.84. The zero-order chi connectivity index (χ0) is 15.0. The summed E-state index contributed by atoms with van der Waals surface area (Å²) in [6.45, 7) is 4.57. The lowest BCUT2D eigenvalue weighted by molar-refractivity contribution is 0.0686. The molecule has 0 radical (unpaired) electrons. The van der Waals surface area contributed by atoms with Crippen molar-refractivity contribution in [3.63, 3.8) is 0 Å². The van der Waals surface area contributed by atoms with Crippen LogP contribution in [-0.4, -0.2) is 37.6 Å². The van der Waals surface area contributed by atoms with Gasteiger partial charge in [0.1, 0.15) is 6.61 Å². The molecule has 4 nitrogen and oxygen atoms in total. The third-order valence-electron chi connectivity index (χ3n) is 2.48. The van der Waals surface area contributed by atoms with Gasteiger partial charge in [-0.3, -0.25) is 0 Å². The molecule has 0 fully saturated rings. The average molecular weight is 289 g/mol. The zero-order valence-corrected chi connectivity index (χ0v) is 11.8. The van der Waals surface area contributed by atoms with Gasteiger partial charge in [-0.1, -0.05) is 13.8 Å². The predicted octanol–water partition coefficient (Wildman–Crippen LogP) is 1.85. The van der Waals surface area contributed by atoms with Gasteiger partial charge in [-0.05, 0) is 17.7 Å². The first-order valence-electron chi connectivity index (χ1n) is 6.57. The first kappa shape index (κ1) is 16.8. The van der Waals surface area contributed by atoms with Gasteiger partial charge < -0.3 is 19.9 Å². The van der Waals surface area contributed by atoms with E-state index in [2.05, 4.69) is 5.32 Å². The number of ether oxygens (including phenoxy) is 2. The minimum Gasteiger partial charge on any atom is -0.485 e. The fraction of sp³-hybridized carbons (Fsp3) is 0.571. The number of benzene rings is 1. The van der Waals surface area contributed by atoms with E-state index >= 15 is 0 Å². The molecule has 0 aliphatic carbocycles. The van der Waals surface area contributed by atoms with Crippen molar-refractivity contribution in [1.29, 1.82) is 0 Å². The molecule has 20 heavy (non-hydrogen) atoms. The number of nitrogens with one attached hydrogen (secondary N) is 1. The molecule has 0 aliphatic heterocycles. The van der Waals surface area contributed by atoms with E-state index in [4.69, 9.17) is 14.6 Å². The molecule has 0 bridgehead atoms. The molecule has 6 heteroatoms. The summed E-state index contributed by atoms with van der Waals surface area (Å²) in [4.78, 5) is 0. The Morgan fingerprint density at radius 1 is 1.15 bits per heavy atom. The van der Waals surface area contributed by atoms with Crippen LogP contribution in [0.15, 0.2) is 12.1 Å². The van der Waals surface area contributed by atoms with Gasteiger partial charge in [-0.15, -0.1) is 0 Å². The van der Waals surface area contributed by atoms with Crippen molar-refractivity contribution in [2.45, 2.75) is 26.4 Å². The van der Waals surface area contributed by atoms with Crippen LogP contribution in [0.5, 0.6) is 5.75 Å². The molecule has 0 spiro atoms. The number of hydrogen-bond donors (Lipinski definition) is 2. The summed E-state index contributed by atoms with van der Waals surface area (Å²) in [6.07, 6.45) is 0. The summed E-state index contributed by atoms with van der Waals surface area (Å²) < 4.78 is 37.4. The van der Waals surface area contributed by atoms with Crippen LogP contribution >= 0.6 is 0 Å². The summed E-state index contributed by atoms with van der Waals surface area (Å²) in [7, 11) is 0. The second-order valence-electron chi connectivity index (χ2n) is 4.61. The van der Waals surface area contributed by atoms with Crippen LogP contribution in [0.1, 0.15) is 19.4 Å². The molecular formula is C14H21F2NO3. The lowest BCUT2D eigenvalue weighted by Crippen LogP contribution is -2.22.